The van der Waals surface area contributed by atoms with Gasteiger partial charge in [0, 0.05) is 5.56 Å². The summed E-state index contributed by atoms with van der Waals surface area (Å²) in [5, 5.41) is 0.868. The largest absolute Gasteiger partial charge is 0.495 e. The number of methoxy groups -OCH3 is 1. The third kappa shape index (κ3) is 3.81. The molecule has 0 bridgehead atoms. The van der Waals surface area contributed by atoms with Gasteiger partial charge in [-0.2, -0.15) is 4.68 Å². The van der Waals surface area contributed by atoms with Gasteiger partial charge in [-0.25, -0.2) is 14.5 Å². The van der Waals surface area contributed by atoms with Crippen LogP contribution in [0, 0.1) is 0 Å². The van der Waals surface area contributed by atoms with E-state index in [1.807, 2.05) is 54.6 Å². The molecule has 2 heterocycles. The van der Waals surface area contributed by atoms with E-state index in [1.54, 1.807) is 48.5 Å². The number of hydrogen-bond donors (Lipinski definition) is 1. The Morgan fingerprint density at radius 2 is 1.27 bits per heavy atom. The van der Waals surface area contributed by atoms with E-state index in [-0.39, 0.29) is 17.1 Å². The normalized spacial score (nSPS) is 11.1. The van der Waals surface area contributed by atoms with Crippen LogP contribution < -0.4 is 21.3 Å². The molecule has 0 aliphatic carbocycles. The van der Waals surface area contributed by atoms with Crippen molar-refractivity contribution in [2.45, 2.75) is 0 Å². The van der Waals surface area contributed by atoms with E-state index in [2.05, 4.69) is 5.43 Å². The monoisotopic (exact) mass is 487 g/mol. The Hall–Kier alpha value is -5.24. The highest BCUT2D eigenvalue weighted by atomic mass is 16.5. The highest BCUT2D eigenvalue weighted by molar-refractivity contribution is 5.81. The van der Waals surface area contributed by atoms with Crippen molar-refractivity contribution in [1.29, 1.82) is 0 Å². The van der Waals surface area contributed by atoms with E-state index in [0.29, 0.717) is 39.1 Å². The van der Waals surface area contributed by atoms with E-state index in [9.17, 15) is 9.59 Å². The topological polar surface area (TPSA) is 91.0 Å². The van der Waals surface area contributed by atoms with E-state index in [0.717, 1.165) is 5.56 Å². The van der Waals surface area contributed by atoms with Crippen LogP contribution in [0.15, 0.2) is 113 Å². The van der Waals surface area contributed by atoms with Crippen LogP contribution in [0.4, 0.5) is 5.95 Å². The van der Waals surface area contributed by atoms with Gasteiger partial charge >= 0.3 is 0 Å². The summed E-state index contributed by atoms with van der Waals surface area (Å²) in [6, 6.07) is 30.8. The molecule has 6 aromatic rings. The summed E-state index contributed by atoms with van der Waals surface area (Å²) in [7, 11) is 1.54. The van der Waals surface area contributed by atoms with Gasteiger partial charge in [0.05, 0.1) is 34.6 Å². The Morgan fingerprint density at radius 3 is 2.00 bits per heavy atom. The van der Waals surface area contributed by atoms with Gasteiger partial charge in [0.15, 0.2) is 5.82 Å². The van der Waals surface area contributed by atoms with Crippen molar-refractivity contribution >= 4 is 27.8 Å². The molecule has 2 aromatic heterocycles. The van der Waals surface area contributed by atoms with Gasteiger partial charge in [-0.1, -0.05) is 66.7 Å². The Balaban J connectivity index is 1.67. The molecular weight excluding hydrogens is 466 g/mol. The van der Waals surface area contributed by atoms with Crippen molar-refractivity contribution in [2.75, 3.05) is 12.5 Å². The number of aromatic nitrogens is 4. The quantitative estimate of drug-likeness (QED) is 0.381. The fraction of sp³-hybridized carbons (Fsp3) is 0.0345. The lowest BCUT2D eigenvalue weighted by atomic mass is 10.2. The number of anilines is 1. The first kappa shape index (κ1) is 22.2. The van der Waals surface area contributed by atoms with E-state index in [1.165, 1.54) is 16.4 Å². The van der Waals surface area contributed by atoms with Crippen LogP contribution in [0.5, 0.6) is 5.75 Å². The van der Waals surface area contributed by atoms with Crippen molar-refractivity contribution in [3.63, 3.8) is 0 Å². The first-order chi connectivity index (χ1) is 18.2. The minimum absolute atomic E-state index is 0.143. The van der Waals surface area contributed by atoms with Crippen LogP contribution >= 0.6 is 0 Å². The second kappa shape index (κ2) is 9.09. The third-order valence-corrected chi connectivity index (χ3v) is 6.12. The Bertz CT molecular complexity index is 1890. The molecule has 0 unspecified atom stereocenters. The molecule has 1 N–H and O–H groups in total. The SMILES string of the molecule is COc1ccccc1-n1c(Nn2c(-c3ccccc3)nc3ccccc3c2=O)nc2ccccc2c1=O. The molecule has 180 valence electrons. The third-order valence-electron chi connectivity index (χ3n) is 6.12. The Morgan fingerprint density at radius 1 is 0.676 bits per heavy atom. The zero-order valence-electron chi connectivity index (χ0n) is 19.8. The molecule has 8 heteroatoms. The Kier molecular flexibility index (Phi) is 5.46. The van der Waals surface area contributed by atoms with Gasteiger partial charge in [0.25, 0.3) is 11.1 Å². The molecule has 0 saturated carbocycles. The first-order valence-corrected chi connectivity index (χ1v) is 11.6. The van der Waals surface area contributed by atoms with Gasteiger partial charge in [-0.15, -0.1) is 0 Å². The molecule has 8 nitrogen and oxygen atoms in total. The van der Waals surface area contributed by atoms with E-state index in [4.69, 9.17) is 14.7 Å². The zero-order chi connectivity index (χ0) is 25.4. The van der Waals surface area contributed by atoms with Gasteiger partial charge < -0.3 is 4.74 Å². The summed E-state index contributed by atoms with van der Waals surface area (Å²) < 4.78 is 8.30. The molecule has 37 heavy (non-hydrogen) atoms. The molecule has 0 radical (unpaired) electrons. The minimum atomic E-state index is -0.321. The summed E-state index contributed by atoms with van der Waals surface area (Å²) in [4.78, 5) is 37.1. The van der Waals surface area contributed by atoms with Crippen molar-refractivity contribution in [2.24, 2.45) is 0 Å². The molecule has 6 rings (SSSR count). The lowest BCUT2D eigenvalue weighted by Gasteiger charge is -2.19. The molecule has 0 spiro atoms. The predicted molar refractivity (Wildman–Crippen MR) is 144 cm³/mol. The van der Waals surface area contributed by atoms with Gasteiger partial charge in [-0.3, -0.25) is 15.0 Å². The molecule has 0 amide bonds. The lowest BCUT2D eigenvalue weighted by Crippen LogP contribution is -2.33. The molecule has 0 aliphatic rings. The minimum Gasteiger partial charge on any atom is -0.495 e. The standard InChI is InChI=1S/C29H21N5O3/c1-37-25-18-10-9-17-24(25)33-27(35)20-13-5-8-16-23(20)31-29(33)32-34-26(19-11-3-2-4-12-19)30-22-15-7-6-14-21(22)28(34)36/h2-18H,1H3,(H,31,32). The number of rotatable bonds is 5. The van der Waals surface area contributed by atoms with Crippen molar-refractivity contribution < 1.29 is 4.74 Å². The van der Waals surface area contributed by atoms with Crippen LogP contribution in [-0.4, -0.2) is 26.3 Å². The molecule has 0 atom stereocenters. The summed E-state index contributed by atoms with van der Waals surface area (Å²) in [6.45, 7) is 0. The summed E-state index contributed by atoms with van der Waals surface area (Å²) >= 11 is 0. The number of hydrogen-bond acceptors (Lipinski definition) is 6. The maximum atomic E-state index is 13.8. The zero-order valence-corrected chi connectivity index (χ0v) is 19.8. The average molecular weight is 488 g/mol. The first-order valence-electron chi connectivity index (χ1n) is 11.6. The summed E-state index contributed by atoms with van der Waals surface area (Å²) in [5.74, 6) is 1.01. The maximum absolute atomic E-state index is 13.8. The van der Waals surface area contributed by atoms with Crippen LogP contribution in [-0.2, 0) is 0 Å². The van der Waals surface area contributed by atoms with Gasteiger partial charge in [-0.05, 0) is 36.4 Å². The predicted octanol–water partition coefficient (Wildman–Crippen LogP) is 4.65. The van der Waals surface area contributed by atoms with Crippen LogP contribution in [0.2, 0.25) is 0 Å². The van der Waals surface area contributed by atoms with Crippen molar-refractivity contribution in [3.8, 4) is 22.8 Å². The van der Waals surface area contributed by atoms with Crippen molar-refractivity contribution in [1.82, 2.24) is 19.2 Å². The number of nitrogens with zero attached hydrogens (tertiary/aromatic N) is 4. The molecule has 0 fully saturated rings. The molecule has 0 aliphatic heterocycles. The lowest BCUT2D eigenvalue weighted by molar-refractivity contribution is 0.412. The number of benzene rings is 4. The smallest absolute Gasteiger partial charge is 0.280 e. The highest BCUT2D eigenvalue weighted by Gasteiger charge is 2.19. The van der Waals surface area contributed by atoms with Crippen LogP contribution in [0.1, 0.15) is 0 Å². The maximum Gasteiger partial charge on any atom is 0.280 e. The number of para-hydroxylation sites is 4. The van der Waals surface area contributed by atoms with Crippen LogP contribution in [0.25, 0.3) is 38.9 Å². The summed E-state index contributed by atoms with van der Waals surface area (Å²) in [5.41, 5.74) is 4.76. The highest BCUT2D eigenvalue weighted by Crippen LogP contribution is 2.26. The second-order valence-corrected chi connectivity index (χ2v) is 8.34. The Labute approximate surface area is 211 Å². The second-order valence-electron chi connectivity index (χ2n) is 8.34. The summed E-state index contributed by atoms with van der Waals surface area (Å²) in [6.07, 6.45) is 0. The molecular formula is C29H21N5O3. The number of nitrogens with one attached hydrogen (secondary N) is 1. The number of fused-ring (bicyclic) bond motifs is 2. The fourth-order valence-corrected chi connectivity index (χ4v) is 4.36. The average Bonchev–Trinajstić information content (AvgIpc) is 2.95. The molecule has 0 saturated heterocycles. The van der Waals surface area contributed by atoms with E-state index >= 15 is 0 Å². The van der Waals surface area contributed by atoms with Gasteiger partial charge in [0.2, 0.25) is 5.95 Å². The fourth-order valence-electron chi connectivity index (χ4n) is 4.36. The molecule has 4 aromatic carbocycles. The van der Waals surface area contributed by atoms with Crippen molar-refractivity contribution in [3.05, 3.63) is 124 Å². The van der Waals surface area contributed by atoms with Crippen LogP contribution in [0.3, 0.4) is 0 Å². The van der Waals surface area contributed by atoms with Gasteiger partial charge in [0.1, 0.15) is 5.75 Å². The van der Waals surface area contributed by atoms with E-state index < -0.39 is 0 Å². The number of ether oxygens (including phenoxy) is 1.